The molecule has 2 N–H and O–H groups in total. The molecular weight excluding hydrogens is 250 g/mol. The Morgan fingerprint density at radius 2 is 2.11 bits per heavy atom. The monoisotopic (exact) mass is 269 g/mol. The molecule has 1 aromatic rings. The Kier molecular flexibility index (Phi) is 5.16. The van der Waals surface area contributed by atoms with E-state index in [1.807, 2.05) is 25.1 Å². The van der Waals surface area contributed by atoms with Gasteiger partial charge in [-0.05, 0) is 24.7 Å². The summed E-state index contributed by atoms with van der Waals surface area (Å²) in [6, 6.07) is 5.89. The van der Waals surface area contributed by atoms with Gasteiger partial charge in [-0.2, -0.15) is 0 Å². The summed E-state index contributed by atoms with van der Waals surface area (Å²) in [7, 11) is 0. The van der Waals surface area contributed by atoms with Crippen molar-refractivity contribution < 1.29 is 14.6 Å². The second-order valence-electron chi connectivity index (χ2n) is 4.08. The van der Waals surface area contributed by atoms with Gasteiger partial charge in [0.25, 0.3) is 0 Å². The lowest BCUT2D eigenvalue weighted by molar-refractivity contribution is 0.171. The molecule has 0 amide bonds. The molecule has 1 aliphatic heterocycles. The zero-order chi connectivity index (χ0) is 12.8. The van der Waals surface area contributed by atoms with E-state index < -0.39 is 0 Å². The molecule has 0 aromatic heterocycles. The Balaban J connectivity index is 1.86. The summed E-state index contributed by atoms with van der Waals surface area (Å²) in [6.07, 6.45) is -0.330. The quantitative estimate of drug-likeness (QED) is 0.767. The molecule has 18 heavy (non-hydrogen) atoms. The number of likely N-dealkylation sites (N-methyl/N-ethyl adjacent to an activating group) is 1. The van der Waals surface area contributed by atoms with Crippen molar-refractivity contribution in [2.24, 2.45) is 0 Å². The van der Waals surface area contributed by atoms with Gasteiger partial charge in [-0.1, -0.05) is 6.92 Å². The minimum atomic E-state index is -0.330. The SMILES string of the molecule is CCNCC(O)CSc1ccc2c(c1)OCCO2. The number of hydrogen-bond acceptors (Lipinski definition) is 5. The van der Waals surface area contributed by atoms with Gasteiger partial charge in [0.05, 0.1) is 6.10 Å². The second-order valence-corrected chi connectivity index (χ2v) is 5.17. The highest BCUT2D eigenvalue weighted by molar-refractivity contribution is 7.99. The average Bonchev–Trinajstić information content (AvgIpc) is 2.42. The van der Waals surface area contributed by atoms with Crippen molar-refractivity contribution in [1.29, 1.82) is 0 Å². The van der Waals surface area contributed by atoms with E-state index in [-0.39, 0.29) is 6.10 Å². The Morgan fingerprint density at radius 1 is 1.33 bits per heavy atom. The maximum atomic E-state index is 9.74. The maximum Gasteiger partial charge on any atom is 0.162 e. The first-order valence-electron chi connectivity index (χ1n) is 6.21. The van der Waals surface area contributed by atoms with Gasteiger partial charge in [-0.15, -0.1) is 11.8 Å². The summed E-state index contributed by atoms with van der Waals surface area (Å²) >= 11 is 1.63. The third-order valence-electron chi connectivity index (χ3n) is 2.59. The Morgan fingerprint density at radius 3 is 2.89 bits per heavy atom. The third-order valence-corrected chi connectivity index (χ3v) is 3.72. The number of aliphatic hydroxyl groups is 1. The molecular formula is C13H19NO3S. The van der Waals surface area contributed by atoms with Crippen molar-refractivity contribution in [1.82, 2.24) is 5.32 Å². The molecule has 1 heterocycles. The van der Waals surface area contributed by atoms with E-state index in [4.69, 9.17) is 9.47 Å². The van der Waals surface area contributed by atoms with E-state index in [9.17, 15) is 5.11 Å². The number of benzene rings is 1. The molecule has 1 aromatic carbocycles. The molecule has 5 heteroatoms. The van der Waals surface area contributed by atoms with Crippen LogP contribution >= 0.6 is 11.8 Å². The fraction of sp³-hybridized carbons (Fsp3) is 0.538. The molecule has 0 radical (unpaired) electrons. The molecule has 0 saturated heterocycles. The van der Waals surface area contributed by atoms with Crippen molar-refractivity contribution in [2.75, 3.05) is 32.1 Å². The Bertz CT molecular complexity index is 386. The zero-order valence-corrected chi connectivity index (χ0v) is 11.3. The molecule has 0 saturated carbocycles. The van der Waals surface area contributed by atoms with E-state index >= 15 is 0 Å². The largest absolute Gasteiger partial charge is 0.486 e. The highest BCUT2D eigenvalue weighted by atomic mass is 32.2. The van der Waals surface area contributed by atoms with Crippen LogP contribution in [-0.4, -0.2) is 43.3 Å². The van der Waals surface area contributed by atoms with Gasteiger partial charge in [-0.3, -0.25) is 0 Å². The summed E-state index contributed by atoms with van der Waals surface area (Å²) in [6.45, 7) is 4.76. The molecule has 1 aliphatic rings. The highest BCUT2D eigenvalue weighted by Crippen LogP contribution is 2.34. The van der Waals surface area contributed by atoms with Gasteiger partial charge < -0.3 is 19.9 Å². The van der Waals surface area contributed by atoms with Crippen LogP contribution in [0, 0.1) is 0 Å². The number of fused-ring (bicyclic) bond motifs is 1. The predicted molar refractivity (Wildman–Crippen MR) is 72.7 cm³/mol. The first-order chi connectivity index (χ1) is 8.79. The van der Waals surface area contributed by atoms with Gasteiger partial charge in [0.2, 0.25) is 0 Å². The summed E-state index contributed by atoms with van der Waals surface area (Å²) in [4.78, 5) is 1.09. The van der Waals surface area contributed by atoms with Crippen LogP contribution in [0.2, 0.25) is 0 Å². The molecule has 1 unspecified atom stereocenters. The lowest BCUT2D eigenvalue weighted by Crippen LogP contribution is -2.28. The summed E-state index contributed by atoms with van der Waals surface area (Å²) in [5, 5.41) is 12.9. The standard InChI is InChI=1S/C13H19NO3S/c1-2-14-8-10(15)9-18-11-3-4-12-13(7-11)17-6-5-16-12/h3-4,7,10,14-15H,2,5-6,8-9H2,1H3. The predicted octanol–water partition coefficient (Wildman–Crippen LogP) is 1.52. The number of rotatable bonds is 6. The average molecular weight is 269 g/mol. The van der Waals surface area contributed by atoms with E-state index in [0.717, 1.165) is 22.9 Å². The van der Waals surface area contributed by atoms with E-state index in [1.165, 1.54) is 0 Å². The van der Waals surface area contributed by atoms with Crippen LogP contribution in [0.3, 0.4) is 0 Å². The van der Waals surface area contributed by atoms with Crippen molar-refractivity contribution in [3.63, 3.8) is 0 Å². The first-order valence-corrected chi connectivity index (χ1v) is 7.19. The highest BCUT2D eigenvalue weighted by Gasteiger charge is 2.12. The van der Waals surface area contributed by atoms with Gasteiger partial charge in [0, 0.05) is 17.2 Å². The Hall–Kier alpha value is -0.910. The summed E-state index contributed by atoms with van der Waals surface area (Å²) < 4.78 is 11.0. The number of ether oxygens (including phenoxy) is 2. The maximum absolute atomic E-state index is 9.74. The van der Waals surface area contributed by atoms with Gasteiger partial charge in [-0.25, -0.2) is 0 Å². The van der Waals surface area contributed by atoms with Gasteiger partial charge >= 0.3 is 0 Å². The van der Waals surface area contributed by atoms with Gasteiger partial charge in [0.15, 0.2) is 11.5 Å². The molecule has 100 valence electrons. The van der Waals surface area contributed by atoms with Crippen LogP contribution in [0.15, 0.2) is 23.1 Å². The topological polar surface area (TPSA) is 50.7 Å². The fourth-order valence-corrected chi connectivity index (χ4v) is 2.53. The van der Waals surface area contributed by atoms with Crippen molar-refractivity contribution in [3.05, 3.63) is 18.2 Å². The van der Waals surface area contributed by atoms with Crippen LogP contribution < -0.4 is 14.8 Å². The minimum Gasteiger partial charge on any atom is -0.486 e. The van der Waals surface area contributed by atoms with E-state index in [2.05, 4.69) is 5.32 Å². The Labute approximate surface area is 112 Å². The number of nitrogens with one attached hydrogen (secondary N) is 1. The van der Waals surface area contributed by atoms with Gasteiger partial charge in [0.1, 0.15) is 13.2 Å². The van der Waals surface area contributed by atoms with Crippen molar-refractivity contribution >= 4 is 11.8 Å². The summed E-state index contributed by atoms with van der Waals surface area (Å²) in [5.41, 5.74) is 0. The van der Waals surface area contributed by atoms with Crippen LogP contribution in [0.5, 0.6) is 11.5 Å². The number of aliphatic hydroxyl groups excluding tert-OH is 1. The van der Waals surface area contributed by atoms with Crippen LogP contribution in [0.4, 0.5) is 0 Å². The molecule has 0 spiro atoms. The normalized spacial score (nSPS) is 15.4. The number of hydrogen-bond donors (Lipinski definition) is 2. The molecule has 0 aliphatic carbocycles. The fourth-order valence-electron chi connectivity index (χ4n) is 1.68. The minimum absolute atomic E-state index is 0.330. The van der Waals surface area contributed by atoms with Crippen molar-refractivity contribution in [3.8, 4) is 11.5 Å². The molecule has 4 nitrogen and oxygen atoms in total. The lowest BCUT2D eigenvalue weighted by atomic mass is 10.3. The number of thioether (sulfide) groups is 1. The third kappa shape index (κ3) is 3.80. The van der Waals surface area contributed by atoms with Crippen LogP contribution in [0.1, 0.15) is 6.92 Å². The van der Waals surface area contributed by atoms with Crippen LogP contribution in [-0.2, 0) is 0 Å². The molecule has 1 atom stereocenters. The second kappa shape index (κ2) is 6.87. The molecule has 0 bridgehead atoms. The van der Waals surface area contributed by atoms with E-state index in [0.29, 0.717) is 25.5 Å². The lowest BCUT2D eigenvalue weighted by Gasteiger charge is -2.19. The summed E-state index contributed by atoms with van der Waals surface area (Å²) in [5.74, 6) is 2.28. The molecule has 2 rings (SSSR count). The smallest absolute Gasteiger partial charge is 0.162 e. The molecule has 0 fully saturated rings. The van der Waals surface area contributed by atoms with Crippen LogP contribution in [0.25, 0.3) is 0 Å². The first kappa shape index (κ1) is 13.5. The van der Waals surface area contributed by atoms with Crippen molar-refractivity contribution in [2.45, 2.75) is 17.9 Å². The van der Waals surface area contributed by atoms with E-state index in [1.54, 1.807) is 11.8 Å². The zero-order valence-electron chi connectivity index (χ0n) is 10.5.